The molecular formula is C13H11. The lowest BCUT2D eigenvalue weighted by Gasteiger charge is -2.00. The van der Waals surface area contributed by atoms with Gasteiger partial charge in [-0.1, -0.05) is 54.1 Å². The molecule has 0 amide bonds. The average Bonchev–Trinajstić information content (AvgIpc) is 2.19. The normalized spacial score (nSPS) is 9.92. The Balaban J connectivity index is 2.48. The van der Waals surface area contributed by atoms with Gasteiger partial charge in [-0.3, -0.25) is 0 Å². The van der Waals surface area contributed by atoms with Gasteiger partial charge in [0.1, 0.15) is 0 Å². The van der Waals surface area contributed by atoms with Gasteiger partial charge in [-0.15, -0.1) is 0 Å². The van der Waals surface area contributed by atoms with Gasteiger partial charge in [0, 0.05) is 0 Å². The lowest BCUT2D eigenvalue weighted by molar-refractivity contribution is 1.46. The highest BCUT2D eigenvalue weighted by atomic mass is 14.0. The summed E-state index contributed by atoms with van der Waals surface area (Å²) in [6, 6.07) is 19.7. The quantitative estimate of drug-likeness (QED) is 0.610. The number of aryl methyl sites for hydroxylation is 1. The van der Waals surface area contributed by atoms with E-state index in [1.807, 2.05) is 24.3 Å². The summed E-state index contributed by atoms with van der Waals surface area (Å²) in [4.78, 5) is 0. The van der Waals surface area contributed by atoms with Crippen molar-refractivity contribution >= 4 is 0 Å². The molecule has 0 N–H and O–H groups in total. The SMILES string of the molecule is Cc1cc[c]c(-c2ccccc2)c1. The van der Waals surface area contributed by atoms with Crippen LogP contribution >= 0.6 is 0 Å². The molecule has 0 saturated heterocycles. The maximum Gasteiger partial charge on any atom is -0.00990 e. The summed E-state index contributed by atoms with van der Waals surface area (Å²) in [5.41, 5.74) is 3.67. The van der Waals surface area contributed by atoms with Gasteiger partial charge >= 0.3 is 0 Å². The van der Waals surface area contributed by atoms with Crippen LogP contribution in [-0.4, -0.2) is 0 Å². The Morgan fingerprint density at radius 3 is 2.46 bits per heavy atom. The van der Waals surface area contributed by atoms with Crippen LogP contribution in [0.15, 0.2) is 48.5 Å². The van der Waals surface area contributed by atoms with Gasteiger partial charge in [0.25, 0.3) is 0 Å². The zero-order valence-corrected chi connectivity index (χ0v) is 7.62. The van der Waals surface area contributed by atoms with E-state index >= 15 is 0 Å². The molecule has 1 radical (unpaired) electrons. The third-order valence-electron chi connectivity index (χ3n) is 2.04. The van der Waals surface area contributed by atoms with E-state index in [4.69, 9.17) is 0 Å². The van der Waals surface area contributed by atoms with Gasteiger partial charge in [-0.05, 0) is 24.1 Å². The van der Waals surface area contributed by atoms with Crippen molar-refractivity contribution in [2.75, 3.05) is 0 Å². The lowest BCUT2D eigenvalue weighted by atomic mass is 10.0. The highest BCUT2D eigenvalue weighted by molar-refractivity contribution is 5.63. The molecule has 0 spiro atoms. The smallest absolute Gasteiger partial charge is 0.00990 e. The fourth-order valence-electron chi connectivity index (χ4n) is 1.36. The summed E-state index contributed by atoms with van der Waals surface area (Å²) in [6.07, 6.45) is 0. The molecule has 0 nitrogen and oxygen atoms in total. The van der Waals surface area contributed by atoms with Crippen LogP contribution in [-0.2, 0) is 0 Å². The average molecular weight is 167 g/mol. The standard InChI is InChI=1S/C13H11/c1-11-6-5-9-13(10-11)12-7-3-2-4-8-12/h2-8,10H,1H3. The van der Waals surface area contributed by atoms with Crippen molar-refractivity contribution in [3.8, 4) is 11.1 Å². The second-order valence-electron chi connectivity index (χ2n) is 3.15. The van der Waals surface area contributed by atoms with Gasteiger partial charge in [0.05, 0.1) is 0 Å². The molecule has 0 aromatic heterocycles. The van der Waals surface area contributed by atoms with Crippen molar-refractivity contribution in [1.29, 1.82) is 0 Å². The van der Waals surface area contributed by atoms with Gasteiger partial charge in [0.2, 0.25) is 0 Å². The first-order valence-corrected chi connectivity index (χ1v) is 4.40. The van der Waals surface area contributed by atoms with Crippen LogP contribution in [0.3, 0.4) is 0 Å². The Morgan fingerprint density at radius 1 is 1.00 bits per heavy atom. The minimum absolute atomic E-state index is 1.17. The van der Waals surface area contributed by atoms with Gasteiger partial charge < -0.3 is 0 Å². The van der Waals surface area contributed by atoms with Crippen molar-refractivity contribution < 1.29 is 0 Å². The zero-order chi connectivity index (χ0) is 9.10. The van der Waals surface area contributed by atoms with E-state index in [1.165, 1.54) is 16.7 Å². The molecule has 0 aliphatic rings. The number of hydrogen-bond acceptors (Lipinski definition) is 0. The van der Waals surface area contributed by atoms with E-state index < -0.39 is 0 Å². The Morgan fingerprint density at radius 2 is 1.77 bits per heavy atom. The first kappa shape index (κ1) is 8.06. The summed E-state index contributed by atoms with van der Waals surface area (Å²) < 4.78 is 0. The van der Waals surface area contributed by atoms with Crippen LogP contribution < -0.4 is 0 Å². The van der Waals surface area contributed by atoms with Crippen LogP contribution in [0, 0.1) is 13.0 Å². The van der Waals surface area contributed by atoms with E-state index in [0.717, 1.165) is 0 Å². The second-order valence-corrected chi connectivity index (χ2v) is 3.15. The van der Waals surface area contributed by atoms with Gasteiger partial charge in [0.15, 0.2) is 0 Å². The third kappa shape index (κ3) is 1.78. The van der Waals surface area contributed by atoms with E-state index in [0.29, 0.717) is 0 Å². The lowest BCUT2D eigenvalue weighted by Crippen LogP contribution is -1.78. The number of benzene rings is 2. The molecule has 2 rings (SSSR count). The van der Waals surface area contributed by atoms with Crippen LogP contribution in [0.5, 0.6) is 0 Å². The molecule has 0 heterocycles. The van der Waals surface area contributed by atoms with E-state index in [9.17, 15) is 0 Å². The molecule has 2 aromatic carbocycles. The summed E-state index contributed by atoms with van der Waals surface area (Å²) in [5, 5.41) is 0. The van der Waals surface area contributed by atoms with Crippen molar-refractivity contribution in [3.63, 3.8) is 0 Å². The van der Waals surface area contributed by atoms with Crippen LogP contribution in [0.1, 0.15) is 5.56 Å². The molecular weight excluding hydrogens is 156 g/mol. The predicted molar refractivity (Wildman–Crippen MR) is 55.5 cm³/mol. The largest absolute Gasteiger partial charge is 0.0622 e. The Kier molecular flexibility index (Phi) is 2.13. The molecule has 0 unspecified atom stereocenters. The molecule has 0 aliphatic heterocycles. The van der Waals surface area contributed by atoms with Crippen molar-refractivity contribution in [2.24, 2.45) is 0 Å². The zero-order valence-electron chi connectivity index (χ0n) is 7.62. The van der Waals surface area contributed by atoms with Gasteiger partial charge in [-0.25, -0.2) is 0 Å². The molecule has 0 saturated carbocycles. The predicted octanol–water partition coefficient (Wildman–Crippen LogP) is 3.46. The van der Waals surface area contributed by atoms with E-state index in [-0.39, 0.29) is 0 Å². The number of hydrogen-bond donors (Lipinski definition) is 0. The highest BCUT2D eigenvalue weighted by Gasteiger charge is 1.95. The molecule has 0 atom stereocenters. The summed E-state index contributed by atoms with van der Waals surface area (Å²) in [6.45, 7) is 2.10. The Labute approximate surface area is 78.9 Å². The first-order valence-electron chi connectivity index (χ1n) is 4.40. The summed E-state index contributed by atoms with van der Waals surface area (Å²) in [5.74, 6) is 0. The van der Waals surface area contributed by atoms with E-state index in [1.54, 1.807) is 0 Å². The molecule has 13 heavy (non-hydrogen) atoms. The Bertz CT molecular complexity index is 388. The molecule has 0 fully saturated rings. The Hall–Kier alpha value is -1.56. The van der Waals surface area contributed by atoms with E-state index in [2.05, 4.69) is 37.3 Å². The minimum Gasteiger partial charge on any atom is -0.0622 e. The maximum atomic E-state index is 3.23. The van der Waals surface area contributed by atoms with Crippen LogP contribution in [0.4, 0.5) is 0 Å². The number of rotatable bonds is 1. The van der Waals surface area contributed by atoms with Crippen molar-refractivity contribution in [3.05, 3.63) is 60.2 Å². The molecule has 0 bridgehead atoms. The van der Waals surface area contributed by atoms with Crippen LogP contribution in [0.25, 0.3) is 11.1 Å². The summed E-state index contributed by atoms with van der Waals surface area (Å²) in [7, 11) is 0. The fraction of sp³-hybridized carbons (Fsp3) is 0.0769. The maximum absolute atomic E-state index is 3.23. The molecule has 2 aromatic rings. The topological polar surface area (TPSA) is 0 Å². The summed E-state index contributed by atoms with van der Waals surface area (Å²) >= 11 is 0. The highest BCUT2D eigenvalue weighted by Crippen LogP contribution is 2.18. The monoisotopic (exact) mass is 167 g/mol. The third-order valence-corrected chi connectivity index (χ3v) is 2.04. The molecule has 0 heteroatoms. The molecule has 63 valence electrons. The van der Waals surface area contributed by atoms with Crippen molar-refractivity contribution in [1.82, 2.24) is 0 Å². The first-order chi connectivity index (χ1) is 6.36. The van der Waals surface area contributed by atoms with Crippen molar-refractivity contribution in [2.45, 2.75) is 6.92 Å². The van der Waals surface area contributed by atoms with Gasteiger partial charge in [-0.2, -0.15) is 0 Å². The fourth-order valence-corrected chi connectivity index (χ4v) is 1.36. The van der Waals surface area contributed by atoms with Crippen LogP contribution in [0.2, 0.25) is 0 Å². The minimum atomic E-state index is 1.17. The molecule has 0 aliphatic carbocycles. The second kappa shape index (κ2) is 3.44.